The van der Waals surface area contributed by atoms with Gasteiger partial charge in [0.15, 0.2) is 11.5 Å². The van der Waals surface area contributed by atoms with E-state index in [-0.39, 0.29) is 31.2 Å². The van der Waals surface area contributed by atoms with Crippen LogP contribution in [0.3, 0.4) is 0 Å². The number of fused-ring (bicyclic) bond motifs is 1. The van der Waals surface area contributed by atoms with Crippen molar-refractivity contribution in [1.29, 1.82) is 0 Å². The Bertz CT molecular complexity index is 821. The molecule has 0 spiro atoms. The monoisotopic (exact) mass is 358 g/mol. The third-order valence-corrected chi connectivity index (χ3v) is 4.79. The summed E-state index contributed by atoms with van der Waals surface area (Å²) < 4.78 is 22.0. The molecule has 2 aliphatic rings. The fraction of sp³-hybridized carbons (Fsp3) is 0.474. The van der Waals surface area contributed by atoms with Gasteiger partial charge in [-0.2, -0.15) is 0 Å². The van der Waals surface area contributed by atoms with Crippen LogP contribution in [0, 0.1) is 6.92 Å². The maximum Gasteiger partial charge on any atom is 0.231 e. The van der Waals surface area contributed by atoms with E-state index in [0.29, 0.717) is 42.1 Å². The van der Waals surface area contributed by atoms with E-state index >= 15 is 0 Å². The van der Waals surface area contributed by atoms with Crippen molar-refractivity contribution in [3.8, 4) is 23.0 Å². The molecule has 1 aromatic carbocycles. The smallest absolute Gasteiger partial charge is 0.231 e. The number of hydrogen-bond donors (Lipinski definition) is 0. The van der Waals surface area contributed by atoms with Crippen molar-refractivity contribution in [1.82, 2.24) is 9.88 Å². The van der Waals surface area contributed by atoms with E-state index in [9.17, 15) is 4.79 Å². The number of morpholine rings is 1. The van der Waals surface area contributed by atoms with Crippen LogP contribution in [0.15, 0.2) is 22.6 Å². The van der Waals surface area contributed by atoms with E-state index in [1.165, 1.54) is 0 Å². The molecule has 1 aromatic heterocycles. The third kappa shape index (κ3) is 3.03. The lowest BCUT2D eigenvalue weighted by Crippen LogP contribution is -2.53. The van der Waals surface area contributed by atoms with E-state index in [1.807, 2.05) is 43.9 Å². The van der Waals surface area contributed by atoms with Gasteiger partial charge in [0.1, 0.15) is 5.76 Å². The molecule has 0 radical (unpaired) electrons. The normalized spacial score (nSPS) is 21.9. The van der Waals surface area contributed by atoms with E-state index in [4.69, 9.17) is 18.6 Å². The molecule has 2 atom stereocenters. The lowest BCUT2D eigenvalue weighted by atomic mass is 10.1. The molecule has 4 rings (SSSR count). The van der Waals surface area contributed by atoms with Crippen LogP contribution in [-0.4, -0.2) is 47.9 Å². The molecule has 2 aromatic rings. The van der Waals surface area contributed by atoms with Gasteiger partial charge in [-0.05, 0) is 39.0 Å². The van der Waals surface area contributed by atoms with Crippen LogP contribution in [0.2, 0.25) is 0 Å². The molecular weight excluding hydrogens is 336 g/mol. The fourth-order valence-electron chi connectivity index (χ4n) is 3.48. The second-order valence-electron chi connectivity index (χ2n) is 6.80. The Hall–Kier alpha value is -2.54. The largest absolute Gasteiger partial charge is 0.454 e. The van der Waals surface area contributed by atoms with Gasteiger partial charge in [-0.25, -0.2) is 4.98 Å². The summed E-state index contributed by atoms with van der Waals surface area (Å²) >= 11 is 0. The van der Waals surface area contributed by atoms with Crippen molar-refractivity contribution >= 4 is 5.91 Å². The molecule has 0 aliphatic carbocycles. The molecule has 3 heterocycles. The first-order valence-corrected chi connectivity index (χ1v) is 8.78. The molecule has 1 amide bonds. The van der Waals surface area contributed by atoms with Crippen LogP contribution in [-0.2, 0) is 16.0 Å². The van der Waals surface area contributed by atoms with Crippen LogP contribution < -0.4 is 9.47 Å². The first-order chi connectivity index (χ1) is 12.5. The van der Waals surface area contributed by atoms with Crippen LogP contribution in [0.1, 0.15) is 25.3 Å². The molecular formula is C19H22N2O5. The molecule has 2 aliphatic heterocycles. The molecule has 0 saturated carbocycles. The van der Waals surface area contributed by atoms with Gasteiger partial charge in [-0.15, -0.1) is 0 Å². The predicted octanol–water partition coefficient (Wildman–Crippen LogP) is 2.56. The van der Waals surface area contributed by atoms with Gasteiger partial charge in [-0.1, -0.05) is 0 Å². The van der Waals surface area contributed by atoms with E-state index in [0.717, 1.165) is 5.56 Å². The van der Waals surface area contributed by atoms with Gasteiger partial charge in [0.2, 0.25) is 18.6 Å². The van der Waals surface area contributed by atoms with Crippen LogP contribution in [0.5, 0.6) is 11.5 Å². The average Bonchev–Trinajstić information content (AvgIpc) is 3.21. The maximum absolute atomic E-state index is 12.8. The van der Waals surface area contributed by atoms with E-state index in [2.05, 4.69) is 4.98 Å². The number of rotatable bonds is 3. The van der Waals surface area contributed by atoms with Gasteiger partial charge < -0.3 is 23.5 Å². The Kier molecular flexibility index (Phi) is 4.32. The topological polar surface area (TPSA) is 74.0 Å². The standard InChI is InChI=1S/C19H22N2O5/c1-11-8-23-9-12(2)21(11)18(22)7-15-13(3)26-19(20-15)14-4-5-16-17(6-14)25-10-24-16/h4-6,11-12H,7-10H2,1-3H3. The van der Waals surface area contributed by atoms with Crippen molar-refractivity contribution in [3.05, 3.63) is 29.7 Å². The molecule has 2 unspecified atom stereocenters. The summed E-state index contributed by atoms with van der Waals surface area (Å²) in [6.45, 7) is 7.19. The van der Waals surface area contributed by atoms with Crippen LogP contribution >= 0.6 is 0 Å². The Morgan fingerprint density at radius 3 is 2.69 bits per heavy atom. The molecule has 1 saturated heterocycles. The summed E-state index contributed by atoms with van der Waals surface area (Å²) in [5.74, 6) is 2.56. The zero-order valence-corrected chi connectivity index (χ0v) is 15.2. The SMILES string of the molecule is Cc1oc(-c2ccc3c(c2)OCO3)nc1CC(=O)N1C(C)COCC1C. The average molecular weight is 358 g/mol. The number of oxazole rings is 1. The highest BCUT2D eigenvalue weighted by atomic mass is 16.7. The van der Waals surface area contributed by atoms with Crippen molar-refractivity contribution < 1.29 is 23.4 Å². The van der Waals surface area contributed by atoms with E-state index in [1.54, 1.807) is 0 Å². The van der Waals surface area contributed by atoms with Crippen molar-refractivity contribution in [2.24, 2.45) is 0 Å². The summed E-state index contributed by atoms with van der Waals surface area (Å²) in [6, 6.07) is 5.67. The van der Waals surface area contributed by atoms with Gasteiger partial charge >= 0.3 is 0 Å². The molecule has 138 valence electrons. The Morgan fingerprint density at radius 1 is 1.19 bits per heavy atom. The highest BCUT2D eigenvalue weighted by Crippen LogP contribution is 2.36. The molecule has 7 nitrogen and oxygen atoms in total. The molecule has 26 heavy (non-hydrogen) atoms. The van der Waals surface area contributed by atoms with Crippen molar-refractivity contribution in [2.75, 3.05) is 20.0 Å². The minimum Gasteiger partial charge on any atom is -0.454 e. The number of carbonyl (C=O) groups excluding carboxylic acids is 1. The van der Waals surface area contributed by atoms with Crippen LogP contribution in [0.4, 0.5) is 0 Å². The number of ether oxygens (including phenoxy) is 3. The van der Waals surface area contributed by atoms with Crippen molar-refractivity contribution in [2.45, 2.75) is 39.3 Å². The third-order valence-electron chi connectivity index (χ3n) is 4.79. The maximum atomic E-state index is 12.8. The zero-order valence-electron chi connectivity index (χ0n) is 15.2. The first kappa shape index (κ1) is 16.9. The predicted molar refractivity (Wildman–Crippen MR) is 93.1 cm³/mol. The molecule has 0 N–H and O–H groups in total. The summed E-state index contributed by atoms with van der Waals surface area (Å²) in [7, 11) is 0. The van der Waals surface area contributed by atoms with Crippen molar-refractivity contribution in [3.63, 3.8) is 0 Å². The lowest BCUT2D eigenvalue weighted by molar-refractivity contribution is -0.143. The molecule has 7 heteroatoms. The summed E-state index contributed by atoms with van der Waals surface area (Å²) in [5, 5.41) is 0. The van der Waals surface area contributed by atoms with Gasteiger partial charge in [-0.3, -0.25) is 4.79 Å². The number of nitrogens with zero attached hydrogens (tertiary/aromatic N) is 2. The first-order valence-electron chi connectivity index (χ1n) is 8.78. The molecule has 1 fully saturated rings. The highest BCUT2D eigenvalue weighted by molar-refractivity contribution is 5.79. The Labute approximate surface area is 151 Å². The number of amides is 1. The van der Waals surface area contributed by atoms with Gasteiger partial charge in [0.25, 0.3) is 0 Å². The van der Waals surface area contributed by atoms with Crippen LogP contribution in [0.25, 0.3) is 11.5 Å². The second-order valence-corrected chi connectivity index (χ2v) is 6.80. The minimum atomic E-state index is 0.0435. The van der Waals surface area contributed by atoms with Gasteiger partial charge in [0.05, 0.1) is 37.4 Å². The number of hydrogen-bond acceptors (Lipinski definition) is 6. The second kappa shape index (κ2) is 6.64. The minimum absolute atomic E-state index is 0.0435. The summed E-state index contributed by atoms with van der Waals surface area (Å²) in [5.41, 5.74) is 1.46. The quantitative estimate of drug-likeness (QED) is 0.839. The summed E-state index contributed by atoms with van der Waals surface area (Å²) in [4.78, 5) is 19.2. The Morgan fingerprint density at radius 2 is 1.92 bits per heavy atom. The van der Waals surface area contributed by atoms with E-state index < -0.39 is 0 Å². The summed E-state index contributed by atoms with van der Waals surface area (Å²) in [6.07, 6.45) is 0.217. The Balaban J connectivity index is 1.54. The lowest BCUT2D eigenvalue weighted by Gasteiger charge is -2.38. The molecule has 0 bridgehead atoms. The number of carbonyl (C=O) groups is 1. The highest BCUT2D eigenvalue weighted by Gasteiger charge is 2.30. The number of aromatic nitrogens is 1. The van der Waals surface area contributed by atoms with Gasteiger partial charge in [0, 0.05) is 5.56 Å². The zero-order chi connectivity index (χ0) is 18.3. The number of benzene rings is 1. The number of aryl methyl sites for hydroxylation is 1. The fourth-order valence-corrected chi connectivity index (χ4v) is 3.48.